The zero-order chi connectivity index (χ0) is 21.4. The van der Waals surface area contributed by atoms with Gasteiger partial charge in [-0.15, -0.1) is 0 Å². The molecule has 31 heavy (non-hydrogen) atoms. The standard InChI is InChI=1S/C24H23N5O2/c1-27-22-20(16-25-21(26-22)19-10-6-3-7-11-19)29(23(27)30)24(31)28-14-12-18(13-15-28)17-8-4-2-5-9-17/h2-11,16,18H,12-15H2,1H3. The van der Waals surface area contributed by atoms with E-state index in [4.69, 9.17) is 0 Å². The predicted octanol–water partition coefficient (Wildman–Crippen LogP) is 3.64. The normalized spacial score (nSPS) is 14.8. The summed E-state index contributed by atoms with van der Waals surface area (Å²) < 4.78 is 2.62. The highest BCUT2D eigenvalue weighted by molar-refractivity contribution is 5.88. The van der Waals surface area contributed by atoms with Gasteiger partial charge in [0.15, 0.2) is 11.5 Å². The number of hydrogen-bond donors (Lipinski definition) is 0. The first-order chi connectivity index (χ1) is 15.1. The van der Waals surface area contributed by atoms with Gasteiger partial charge in [0.2, 0.25) is 0 Å². The van der Waals surface area contributed by atoms with Crippen LogP contribution in [0, 0.1) is 0 Å². The molecule has 2 aromatic heterocycles. The van der Waals surface area contributed by atoms with Crippen molar-refractivity contribution in [2.24, 2.45) is 7.05 Å². The van der Waals surface area contributed by atoms with E-state index in [0.29, 0.717) is 36.0 Å². The molecule has 0 saturated carbocycles. The van der Waals surface area contributed by atoms with Crippen LogP contribution in [-0.2, 0) is 7.05 Å². The van der Waals surface area contributed by atoms with Gasteiger partial charge in [0.1, 0.15) is 5.52 Å². The van der Waals surface area contributed by atoms with Gasteiger partial charge in [-0.2, -0.15) is 0 Å². The van der Waals surface area contributed by atoms with E-state index in [1.807, 2.05) is 48.5 Å². The highest BCUT2D eigenvalue weighted by Gasteiger charge is 2.28. The number of hydrogen-bond acceptors (Lipinski definition) is 4. The van der Waals surface area contributed by atoms with Crippen LogP contribution < -0.4 is 5.69 Å². The maximum Gasteiger partial charge on any atom is 0.338 e. The third-order valence-corrected chi connectivity index (χ3v) is 6.05. The predicted molar refractivity (Wildman–Crippen MR) is 119 cm³/mol. The van der Waals surface area contributed by atoms with Gasteiger partial charge in [0, 0.05) is 25.7 Å². The van der Waals surface area contributed by atoms with Gasteiger partial charge in [-0.1, -0.05) is 60.7 Å². The van der Waals surface area contributed by atoms with Crippen molar-refractivity contribution in [3.8, 4) is 11.4 Å². The minimum atomic E-state index is -0.398. The quantitative estimate of drug-likeness (QED) is 0.503. The third-order valence-electron chi connectivity index (χ3n) is 6.05. The van der Waals surface area contributed by atoms with Crippen molar-refractivity contribution in [2.45, 2.75) is 18.8 Å². The maximum absolute atomic E-state index is 13.3. The molecule has 0 radical (unpaired) electrons. The Bertz CT molecular complexity index is 1290. The smallest absolute Gasteiger partial charge is 0.324 e. The topological polar surface area (TPSA) is 73.0 Å². The zero-order valence-electron chi connectivity index (χ0n) is 17.3. The van der Waals surface area contributed by atoms with E-state index in [-0.39, 0.29) is 6.03 Å². The molecule has 0 spiro atoms. The first-order valence-electron chi connectivity index (χ1n) is 10.5. The Morgan fingerprint density at radius 1 is 0.968 bits per heavy atom. The van der Waals surface area contributed by atoms with Gasteiger partial charge in [0.05, 0.1) is 6.20 Å². The van der Waals surface area contributed by atoms with E-state index in [1.165, 1.54) is 14.7 Å². The second-order valence-electron chi connectivity index (χ2n) is 7.90. The molecule has 1 fully saturated rings. The summed E-state index contributed by atoms with van der Waals surface area (Å²) in [6.45, 7) is 1.23. The summed E-state index contributed by atoms with van der Waals surface area (Å²) in [5, 5.41) is 0. The van der Waals surface area contributed by atoms with E-state index >= 15 is 0 Å². The molecule has 0 atom stereocenters. The van der Waals surface area contributed by atoms with Crippen molar-refractivity contribution < 1.29 is 4.79 Å². The van der Waals surface area contributed by atoms with Crippen molar-refractivity contribution in [3.63, 3.8) is 0 Å². The lowest BCUT2D eigenvalue weighted by molar-refractivity contribution is 0.183. The summed E-state index contributed by atoms with van der Waals surface area (Å²) in [6, 6.07) is 19.7. The Labute approximate surface area is 179 Å². The lowest BCUT2D eigenvalue weighted by atomic mass is 9.90. The van der Waals surface area contributed by atoms with Gasteiger partial charge in [-0.25, -0.2) is 24.1 Å². The molecule has 1 aliphatic rings. The molecule has 0 unspecified atom stereocenters. The van der Waals surface area contributed by atoms with Crippen molar-refractivity contribution in [2.75, 3.05) is 13.1 Å². The third kappa shape index (κ3) is 3.42. The number of benzene rings is 2. The van der Waals surface area contributed by atoms with E-state index in [2.05, 4.69) is 22.1 Å². The Balaban J connectivity index is 1.43. The molecule has 1 amide bonds. The minimum absolute atomic E-state index is 0.307. The first kappa shape index (κ1) is 19.2. The van der Waals surface area contributed by atoms with Gasteiger partial charge >= 0.3 is 11.7 Å². The van der Waals surface area contributed by atoms with Crippen LogP contribution in [0.15, 0.2) is 71.7 Å². The largest absolute Gasteiger partial charge is 0.338 e. The number of piperidine rings is 1. The molecule has 2 aromatic carbocycles. The van der Waals surface area contributed by atoms with Crippen molar-refractivity contribution >= 4 is 17.2 Å². The number of carbonyl (C=O) groups is 1. The highest BCUT2D eigenvalue weighted by Crippen LogP contribution is 2.28. The highest BCUT2D eigenvalue weighted by atomic mass is 16.2. The summed E-state index contributed by atoms with van der Waals surface area (Å²) in [5.74, 6) is 0.961. The summed E-state index contributed by atoms with van der Waals surface area (Å²) in [7, 11) is 1.64. The second-order valence-corrected chi connectivity index (χ2v) is 7.90. The Kier molecular flexibility index (Phi) is 4.86. The molecule has 7 nitrogen and oxygen atoms in total. The molecule has 156 valence electrons. The number of likely N-dealkylation sites (tertiary alicyclic amines) is 1. The van der Waals surface area contributed by atoms with Crippen LogP contribution >= 0.6 is 0 Å². The number of rotatable bonds is 2. The average molecular weight is 413 g/mol. The zero-order valence-corrected chi connectivity index (χ0v) is 17.3. The molecular formula is C24H23N5O2. The lowest BCUT2D eigenvalue weighted by Gasteiger charge is -2.32. The summed E-state index contributed by atoms with van der Waals surface area (Å²) in [4.78, 5) is 36.9. The molecule has 1 saturated heterocycles. The molecule has 0 aliphatic carbocycles. The summed E-state index contributed by atoms with van der Waals surface area (Å²) >= 11 is 0. The SMILES string of the molecule is Cn1c(=O)n(C(=O)N2CCC(c3ccccc3)CC2)c2cnc(-c3ccccc3)nc21. The van der Waals surface area contributed by atoms with Crippen LogP contribution in [0.3, 0.4) is 0 Å². The molecule has 5 rings (SSSR count). The first-order valence-corrected chi connectivity index (χ1v) is 10.5. The fourth-order valence-corrected chi connectivity index (χ4v) is 4.30. The molecule has 0 N–H and O–H groups in total. The molecule has 3 heterocycles. The fourth-order valence-electron chi connectivity index (χ4n) is 4.30. The number of fused-ring (bicyclic) bond motifs is 1. The Hall–Kier alpha value is -3.74. The molecule has 4 aromatic rings. The van der Waals surface area contributed by atoms with Gasteiger partial charge in [-0.3, -0.25) is 4.57 Å². The van der Waals surface area contributed by atoms with Gasteiger partial charge in [-0.05, 0) is 24.3 Å². The van der Waals surface area contributed by atoms with E-state index in [1.54, 1.807) is 18.1 Å². The maximum atomic E-state index is 13.3. The number of imidazole rings is 1. The molecule has 0 bridgehead atoms. The Morgan fingerprint density at radius 2 is 1.61 bits per heavy atom. The van der Waals surface area contributed by atoms with Crippen LogP contribution in [0.2, 0.25) is 0 Å². The van der Waals surface area contributed by atoms with Crippen molar-refractivity contribution in [1.29, 1.82) is 0 Å². The summed E-state index contributed by atoms with van der Waals surface area (Å²) in [5.41, 5.74) is 2.65. The monoisotopic (exact) mass is 413 g/mol. The van der Waals surface area contributed by atoms with Crippen LogP contribution in [-0.4, -0.2) is 43.1 Å². The van der Waals surface area contributed by atoms with Crippen molar-refractivity contribution in [1.82, 2.24) is 24.0 Å². The fraction of sp³-hybridized carbons (Fsp3) is 0.250. The minimum Gasteiger partial charge on any atom is -0.324 e. The molecule has 1 aliphatic heterocycles. The summed E-state index contributed by atoms with van der Waals surface area (Å²) in [6.07, 6.45) is 3.33. The van der Waals surface area contributed by atoms with Crippen LogP contribution in [0.4, 0.5) is 4.79 Å². The number of carbonyl (C=O) groups excluding carboxylic acids is 1. The van der Waals surface area contributed by atoms with Gasteiger partial charge < -0.3 is 4.90 Å². The van der Waals surface area contributed by atoms with Crippen LogP contribution in [0.5, 0.6) is 0 Å². The van der Waals surface area contributed by atoms with E-state index < -0.39 is 5.69 Å². The average Bonchev–Trinajstić information content (AvgIpc) is 3.09. The van der Waals surface area contributed by atoms with Crippen LogP contribution in [0.1, 0.15) is 24.3 Å². The van der Waals surface area contributed by atoms with E-state index in [9.17, 15) is 9.59 Å². The molecule has 7 heteroatoms. The van der Waals surface area contributed by atoms with Gasteiger partial charge in [0.25, 0.3) is 0 Å². The van der Waals surface area contributed by atoms with Crippen LogP contribution in [0.25, 0.3) is 22.6 Å². The number of amides is 1. The van der Waals surface area contributed by atoms with Crippen molar-refractivity contribution in [3.05, 3.63) is 82.9 Å². The van der Waals surface area contributed by atoms with E-state index in [0.717, 1.165) is 18.4 Å². The lowest BCUT2D eigenvalue weighted by Crippen LogP contribution is -2.43. The number of aryl methyl sites for hydroxylation is 1. The second kappa shape index (κ2) is 7.83. The number of aromatic nitrogens is 4. The molecular weight excluding hydrogens is 390 g/mol. The Morgan fingerprint density at radius 3 is 2.29 bits per heavy atom. The number of nitrogens with zero attached hydrogens (tertiary/aromatic N) is 5.